The Balaban J connectivity index is 1.59. The molecule has 12 atom stereocenters. The van der Waals surface area contributed by atoms with Crippen LogP contribution in [0.25, 0.3) is 0 Å². The van der Waals surface area contributed by atoms with Gasteiger partial charge in [-0.1, -0.05) is 266 Å². The van der Waals surface area contributed by atoms with Gasteiger partial charge in [-0.2, -0.15) is 0 Å². The molecule has 2 rings (SSSR count). The lowest BCUT2D eigenvalue weighted by Gasteiger charge is -2.46. The van der Waals surface area contributed by atoms with Crippen molar-refractivity contribution in [1.29, 1.82) is 0 Å². The number of carbonyl (C=O) groups excluding carboxylic acids is 1. The van der Waals surface area contributed by atoms with Crippen LogP contribution < -0.4 is 5.32 Å². The van der Waals surface area contributed by atoms with Gasteiger partial charge in [0.1, 0.15) is 48.8 Å². The first kappa shape index (κ1) is 78.3. The quantitative estimate of drug-likeness (QED) is 0.0204. The first-order valence-electron chi connectivity index (χ1n) is 34.3. The normalized spacial score (nSPS) is 24.1. The number of aliphatic hydroxyl groups is 8. The fraction of sp³-hybridized carbons (Fsp3) is 0.789. The molecular formula is C71H125NO13. The van der Waals surface area contributed by atoms with E-state index >= 15 is 0 Å². The van der Waals surface area contributed by atoms with E-state index in [0.717, 1.165) is 64.2 Å². The third-order valence-corrected chi connectivity index (χ3v) is 16.3. The first-order chi connectivity index (χ1) is 41.6. The van der Waals surface area contributed by atoms with Gasteiger partial charge in [0.15, 0.2) is 12.6 Å². The number of allylic oxidation sites excluding steroid dienone is 13. The molecule has 0 bridgehead atoms. The zero-order valence-electron chi connectivity index (χ0n) is 53.3. The zero-order valence-corrected chi connectivity index (χ0v) is 53.3. The highest BCUT2D eigenvalue weighted by Gasteiger charge is 2.51. The van der Waals surface area contributed by atoms with E-state index in [0.29, 0.717) is 12.8 Å². The molecule has 12 unspecified atom stereocenters. The number of ether oxygens (including phenoxy) is 4. The summed E-state index contributed by atoms with van der Waals surface area (Å²) in [4.78, 5) is 13.3. The second-order valence-corrected chi connectivity index (χ2v) is 23.9. The molecule has 14 nitrogen and oxygen atoms in total. The van der Waals surface area contributed by atoms with Crippen LogP contribution in [-0.2, 0) is 23.7 Å². The van der Waals surface area contributed by atoms with Crippen LogP contribution in [0.5, 0.6) is 0 Å². The van der Waals surface area contributed by atoms with Crippen LogP contribution in [0, 0.1) is 0 Å². The third kappa shape index (κ3) is 39.7. The smallest absolute Gasteiger partial charge is 0.220 e. The molecule has 2 aliphatic heterocycles. The minimum atomic E-state index is -1.79. The number of aliphatic hydroxyl groups excluding tert-OH is 8. The van der Waals surface area contributed by atoms with Crippen LogP contribution in [0.1, 0.15) is 264 Å². The molecule has 0 aromatic carbocycles. The highest BCUT2D eigenvalue weighted by atomic mass is 16.7. The van der Waals surface area contributed by atoms with E-state index < -0.39 is 86.8 Å². The van der Waals surface area contributed by atoms with Gasteiger partial charge in [-0.25, -0.2) is 0 Å². The van der Waals surface area contributed by atoms with Crippen molar-refractivity contribution in [3.8, 4) is 0 Å². The Morgan fingerprint density at radius 1 is 0.435 bits per heavy atom. The van der Waals surface area contributed by atoms with Crippen molar-refractivity contribution in [2.24, 2.45) is 0 Å². The van der Waals surface area contributed by atoms with Gasteiger partial charge in [0.2, 0.25) is 5.91 Å². The predicted octanol–water partition coefficient (Wildman–Crippen LogP) is 13.6. The number of unbranched alkanes of at least 4 members (excludes halogenated alkanes) is 30. The molecule has 2 fully saturated rings. The summed E-state index contributed by atoms with van der Waals surface area (Å²) in [5, 5.41) is 87.2. The average Bonchev–Trinajstić information content (AvgIpc) is 3.65. The summed E-state index contributed by atoms with van der Waals surface area (Å²) in [7, 11) is 0. The fourth-order valence-corrected chi connectivity index (χ4v) is 10.9. The highest BCUT2D eigenvalue weighted by molar-refractivity contribution is 5.76. The van der Waals surface area contributed by atoms with Crippen molar-refractivity contribution in [3.05, 3.63) is 85.1 Å². The molecular weight excluding hydrogens is 1070 g/mol. The van der Waals surface area contributed by atoms with Crippen LogP contribution in [-0.4, -0.2) is 140 Å². The van der Waals surface area contributed by atoms with Crippen LogP contribution in [0.15, 0.2) is 85.1 Å². The van der Waals surface area contributed by atoms with Crippen LogP contribution >= 0.6 is 0 Å². The fourth-order valence-electron chi connectivity index (χ4n) is 10.9. The summed E-state index contributed by atoms with van der Waals surface area (Å²) < 4.78 is 22.8. The molecule has 2 aliphatic rings. The van der Waals surface area contributed by atoms with Gasteiger partial charge in [-0.15, -0.1) is 0 Å². The minimum absolute atomic E-state index is 0.248. The Kier molecular flexibility index (Phi) is 50.9. The number of nitrogens with one attached hydrogen (secondary N) is 1. The summed E-state index contributed by atoms with van der Waals surface area (Å²) >= 11 is 0. The van der Waals surface area contributed by atoms with E-state index in [-0.39, 0.29) is 18.9 Å². The van der Waals surface area contributed by atoms with Crippen molar-refractivity contribution in [2.75, 3.05) is 19.8 Å². The topological polar surface area (TPSA) is 228 Å². The number of amides is 1. The molecule has 0 aromatic heterocycles. The molecule has 14 heteroatoms. The number of rotatable bonds is 55. The van der Waals surface area contributed by atoms with Crippen molar-refractivity contribution in [3.63, 3.8) is 0 Å². The van der Waals surface area contributed by atoms with E-state index in [1.165, 1.54) is 167 Å². The maximum atomic E-state index is 13.3. The average molecular weight is 1200 g/mol. The monoisotopic (exact) mass is 1200 g/mol. The van der Waals surface area contributed by atoms with E-state index in [1.54, 1.807) is 6.08 Å². The summed E-state index contributed by atoms with van der Waals surface area (Å²) in [6.45, 7) is 2.67. The third-order valence-electron chi connectivity index (χ3n) is 16.3. The molecule has 0 radical (unpaired) electrons. The van der Waals surface area contributed by atoms with E-state index in [4.69, 9.17) is 18.9 Å². The Bertz CT molecular complexity index is 1750. The summed E-state index contributed by atoms with van der Waals surface area (Å²) in [5.41, 5.74) is 0. The van der Waals surface area contributed by atoms with Crippen molar-refractivity contribution in [2.45, 2.75) is 338 Å². The van der Waals surface area contributed by atoms with Crippen LogP contribution in [0.3, 0.4) is 0 Å². The Morgan fingerprint density at radius 2 is 0.824 bits per heavy atom. The lowest BCUT2D eigenvalue weighted by Crippen LogP contribution is -2.65. The largest absolute Gasteiger partial charge is 0.394 e. The van der Waals surface area contributed by atoms with Crippen molar-refractivity contribution < 1.29 is 64.6 Å². The van der Waals surface area contributed by atoms with Gasteiger partial charge in [-0.3, -0.25) is 4.79 Å². The molecule has 0 aromatic rings. The standard InChI is InChI=1S/C71H125NO13/c1-3-5-7-9-11-13-15-17-19-20-21-22-23-24-25-26-27-28-29-30-31-32-33-34-35-36-37-38-39-40-41-43-45-47-49-51-53-55-63(76)72-59(60(75)54-52-50-48-46-44-42-18-16-14-12-10-8-6-4-2)58-82-70-68(81)66(79)69(62(57-74)84-70)85-71-67(80)65(78)64(77)61(56-73)83-71/h5,7,11,13,17,19,21-22,24-25,44,46,52,54,59-62,64-71,73-75,77-81H,3-4,6,8-10,12,14-16,18,20,23,26-43,45,47-51,53,55-58H2,1-2H3,(H,72,76)/b7-5-,13-11-,19-17-,22-21-,25-24-,46-44+,54-52+. The highest BCUT2D eigenvalue weighted by Crippen LogP contribution is 2.30. The molecule has 0 saturated carbocycles. The van der Waals surface area contributed by atoms with Gasteiger partial charge in [-0.05, 0) is 77.0 Å². The Morgan fingerprint density at radius 3 is 1.29 bits per heavy atom. The van der Waals surface area contributed by atoms with E-state index in [2.05, 4.69) is 92.1 Å². The molecule has 2 heterocycles. The predicted molar refractivity (Wildman–Crippen MR) is 346 cm³/mol. The van der Waals surface area contributed by atoms with E-state index in [1.807, 2.05) is 6.08 Å². The molecule has 1 amide bonds. The van der Waals surface area contributed by atoms with Gasteiger partial charge in [0, 0.05) is 6.42 Å². The van der Waals surface area contributed by atoms with Crippen molar-refractivity contribution in [1.82, 2.24) is 5.32 Å². The van der Waals surface area contributed by atoms with Crippen molar-refractivity contribution >= 4 is 5.91 Å². The molecule has 85 heavy (non-hydrogen) atoms. The first-order valence-corrected chi connectivity index (χ1v) is 34.3. The summed E-state index contributed by atoms with van der Waals surface area (Å²) in [5.74, 6) is -0.248. The summed E-state index contributed by atoms with van der Waals surface area (Å²) in [6.07, 6.45) is 59.4. The number of carbonyl (C=O) groups is 1. The van der Waals surface area contributed by atoms with Gasteiger partial charge >= 0.3 is 0 Å². The maximum absolute atomic E-state index is 13.3. The molecule has 0 spiro atoms. The van der Waals surface area contributed by atoms with Crippen LogP contribution in [0.4, 0.5) is 0 Å². The van der Waals surface area contributed by atoms with E-state index in [9.17, 15) is 45.6 Å². The second-order valence-electron chi connectivity index (χ2n) is 23.9. The maximum Gasteiger partial charge on any atom is 0.220 e. The lowest BCUT2D eigenvalue weighted by atomic mass is 9.97. The molecule has 9 N–H and O–H groups in total. The lowest BCUT2D eigenvalue weighted by molar-refractivity contribution is -0.359. The SMILES string of the molecule is CC/C=C\C/C=C\C/C=C\C/C=C\C/C=C\CCCCCCCCCCCCCCCCCCCCCCCC(=O)NC(COC1OC(CO)C(OC2OC(CO)C(O)C(O)C2O)C(O)C1O)C(O)/C=C/CC/C=C/CCCCCCCCCC. The van der Waals surface area contributed by atoms with Gasteiger partial charge < -0.3 is 65.1 Å². The molecule has 492 valence electrons. The zero-order chi connectivity index (χ0) is 61.6. The Hall–Kier alpha value is -2.83. The summed E-state index contributed by atoms with van der Waals surface area (Å²) in [6, 6.07) is -0.933. The van der Waals surface area contributed by atoms with Gasteiger partial charge in [0.05, 0.1) is 32.0 Å². The minimum Gasteiger partial charge on any atom is -0.394 e. The second kappa shape index (κ2) is 55.3. The number of hydrogen-bond donors (Lipinski definition) is 9. The Labute approximate surface area is 516 Å². The molecule has 0 aliphatic carbocycles. The number of hydrogen-bond acceptors (Lipinski definition) is 13. The molecule has 2 saturated heterocycles. The van der Waals surface area contributed by atoms with Gasteiger partial charge in [0.25, 0.3) is 0 Å². The van der Waals surface area contributed by atoms with Crippen LogP contribution in [0.2, 0.25) is 0 Å².